The smallest absolute Gasteiger partial charge is 0.354 e. The van der Waals surface area contributed by atoms with Gasteiger partial charge in [-0.05, 0) is 78.0 Å². The van der Waals surface area contributed by atoms with Crippen molar-refractivity contribution in [1.82, 2.24) is 0 Å². The standard InChI is InChI=1S/C18H15ClINO3/c1-2-24-18(23)16(21-15-9-7-14(20)8-10-15)11-17(22)12-3-5-13(19)6-4-12/h3-11,21H,2H2,1H3/b16-11-. The number of halogens is 2. The Kier molecular flexibility index (Phi) is 6.81. The van der Waals surface area contributed by atoms with Crippen LogP contribution in [0.3, 0.4) is 0 Å². The monoisotopic (exact) mass is 455 g/mol. The Morgan fingerprint density at radius 1 is 1.12 bits per heavy atom. The Balaban J connectivity index is 2.27. The molecule has 2 rings (SSSR count). The Bertz CT molecular complexity index is 755. The van der Waals surface area contributed by atoms with Gasteiger partial charge in [0.1, 0.15) is 5.70 Å². The summed E-state index contributed by atoms with van der Waals surface area (Å²) >= 11 is 8.01. The summed E-state index contributed by atoms with van der Waals surface area (Å²) in [7, 11) is 0. The molecule has 124 valence electrons. The van der Waals surface area contributed by atoms with Crippen LogP contribution in [0.1, 0.15) is 17.3 Å². The van der Waals surface area contributed by atoms with Crippen molar-refractivity contribution in [2.75, 3.05) is 11.9 Å². The number of anilines is 1. The van der Waals surface area contributed by atoms with E-state index >= 15 is 0 Å². The second-order valence-electron chi connectivity index (χ2n) is 4.78. The number of nitrogens with one attached hydrogen (secondary N) is 1. The predicted molar refractivity (Wildman–Crippen MR) is 103 cm³/mol. The second kappa shape index (κ2) is 8.84. The molecule has 0 aliphatic rings. The van der Waals surface area contributed by atoms with E-state index in [1.165, 1.54) is 6.08 Å². The van der Waals surface area contributed by atoms with Crippen LogP contribution < -0.4 is 5.32 Å². The van der Waals surface area contributed by atoms with Crippen LogP contribution in [0.2, 0.25) is 5.02 Å². The molecular weight excluding hydrogens is 441 g/mol. The lowest BCUT2D eigenvalue weighted by molar-refractivity contribution is -0.138. The molecule has 0 amide bonds. The van der Waals surface area contributed by atoms with Gasteiger partial charge in [-0.1, -0.05) is 11.6 Å². The molecule has 0 bridgehead atoms. The number of hydrogen-bond acceptors (Lipinski definition) is 4. The molecule has 0 aliphatic heterocycles. The van der Waals surface area contributed by atoms with Gasteiger partial charge in [-0.15, -0.1) is 0 Å². The van der Waals surface area contributed by atoms with Crippen LogP contribution in [-0.2, 0) is 9.53 Å². The molecule has 0 aliphatic carbocycles. The fourth-order valence-corrected chi connectivity index (χ4v) is 2.36. The zero-order valence-corrected chi connectivity index (χ0v) is 15.8. The van der Waals surface area contributed by atoms with Crippen molar-refractivity contribution in [3.63, 3.8) is 0 Å². The first-order valence-corrected chi connectivity index (χ1v) is 8.66. The lowest BCUT2D eigenvalue weighted by Gasteiger charge is -2.10. The number of carbonyl (C=O) groups is 2. The molecule has 0 fully saturated rings. The number of ether oxygens (including phenoxy) is 1. The Morgan fingerprint density at radius 2 is 1.75 bits per heavy atom. The first-order chi connectivity index (χ1) is 11.5. The van der Waals surface area contributed by atoms with Crippen LogP contribution in [-0.4, -0.2) is 18.4 Å². The minimum atomic E-state index is -0.585. The highest BCUT2D eigenvalue weighted by atomic mass is 127. The quantitative estimate of drug-likeness (QED) is 0.297. The highest BCUT2D eigenvalue weighted by molar-refractivity contribution is 14.1. The normalized spacial score (nSPS) is 11.0. The predicted octanol–water partition coefficient (Wildman–Crippen LogP) is 4.69. The summed E-state index contributed by atoms with van der Waals surface area (Å²) < 4.78 is 6.08. The maximum Gasteiger partial charge on any atom is 0.354 e. The third-order valence-corrected chi connectivity index (χ3v) is 3.99. The molecule has 0 spiro atoms. The zero-order valence-electron chi connectivity index (χ0n) is 12.9. The SMILES string of the molecule is CCOC(=O)/C(=C/C(=O)c1ccc(Cl)cc1)Nc1ccc(I)cc1. The molecule has 0 saturated heterocycles. The van der Waals surface area contributed by atoms with Crippen LogP contribution in [0.15, 0.2) is 60.3 Å². The largest absolute Gasteiger partial charge is 0.461 e. The summed E-state index contributed by atoms with van der Waals surface area (Å²) in [5.41, 5.74) is 1.21. The van der Waals surface area contributed by atoms with Gasteiger partial charge in [0.2, 0.25) is 0 Å². The number of hydrogen-bond donors (Lipinski definition) is 1. The summed E-state index contributed by atoms with van der Waals surface area (Å²) in [4.78, 5) is 24.5. The molecule has 0 aromatic heterocycles. The van der Waals surface area contributed by atoms with Gasteiger partial charge in [0.25, 0.3) is 0 Å². The van der Waals surface area contributed by atoms with Gasteiger partial charge < -0.3 is 10.1 Å². The van der Waals surface area contributed by atoms with E-state index in [1.54, 1.807) is 31.2 Å². The van der Waals surface area contributed by atoms with Gasteiger partial charge in [0.15, 0.2) is 5.78 Å². The third-order valence-electron chi connectivity index (χ3n) is 3.02. The average Bonchev–Trinajstić information content (AvgIpc) is 2.57. The van der Waals surface area contributed by atoms with Gasteiger partial charge in [-0.3, -0.25) is 4.79 Å². The molecule has 2 aromatic carbocycles. The number of esters is 1. The summed E-state index contributed by atoms with van der Waals surface area (Å²) in [5, 5.41) is 3.48. The number of ketones is 1. The fraction of sp³-hybridized carbons (Fsp3) is 0.111. The molecule has 2 aromatic rings. The van der Waals surface area contributed by atoms with Crippen LogP contribution >= 0.6 is 34.2 Å². The summed E-state index contributed by atoms with van der Waals surface area (Å²) in [5.74, 6) is -0.897. The minimum absolute atomic E-state index is 0.0815. The molecule has 0 atom stereocenters. The average molecular weight is 456 g/mol. The molecule has 0 saturated carbocycles. The van der Waals surface area contributed by atoms with E-state index in [2.05, 4.69) is 27.9 Å². The van der Waals surface area contributed by atoms with E-state index in [9.17, 15) is 9.59 Å². The first kappa shape index (κ1) is 18.5. The van der Waals surface area contributed by atoms with Crippen molar-refractivity contribution in [3.05, 3.63) is 74.5 Å². The lowest BCUT2D eigenvalue weighted by atomic mass is 10.1. The Morgan fingerprint density at radius 3 is 2.33 bits per heavy atom. The summed E-state index contributed by atoms with van der Waals surface area (Å²) in [6, 6.07) is 13.9. The van der Waals surface area contributed by atoms with Crippen LogP contribution in [0.4, 0.5) is 5.69 Å². The van der Waals surface area contributed by atoms with E-state index in [0.29, 0.717) is 16.3 Å². The van der Waals surface area contributed by atoms with E-state index in [0.717, 1.165) is 3.57 Å². The molecular formula is C18H15ClINO3. The topological polar surface area (TPSA) is 55.4 Å². The number of rotatable bonds is 6. The molecule has 24 heavy (non-hydrogen) atoms. The Labute approximate surface area is 159 Å². The van der Waals surface area contributed by atoms with E-state index in [-0.39, 0.29) is 18.1 Å². The van der Waals surface area contributed by atoms with Crippen molar-refractivity contribution < 1.29 is 14.3 Å². The molecule has 0 radical (unpaired) electrons. The molecule has 1 N–H and O–H groups in total. The van der Waals surface area contributed by atoms with Gasteiger partial charge >= 0.3 is 5.97 Å². The Hall–Kier alpha value is -1.86. The van der Waals surface area contributed by atoms with Gasteiger partial charge in [-0.25, -0.2) is 4.79 Å². The molecule has 6 heteroatoms. The highest BCUT2D eigenvalue weighted by Gasteiger charge is 2.14. The fourth-order valence-electron chi connectivity index (χ4n) is 1.87. The molecule has 0 unspecified atom stereocenters. The first-order valence-electron chi connectivity index (χ1n) is 7.21. The van der Waals surface area contributed by atoms with Gasteiger partial charge in [0, 0.05) is 25.9 Å². The maximum absolute atomic E-state index is 12.4. The summed E-state index contributed by atoms with van der Waals surface area (Å²) in [6.45, 7) is 1.93. The van der Waals surface area contributed by atoms with Crippen LogP contribution in [0, 0.1) is 3.57 Å². The van der Waals surface area contributed by atoms with E-state index in [1.807, 2.05) is 24.3 Å². The van der Waals surface area contributed by atoms with Crippen molar-refractivity contribution in [1.29, 1.82) is 0 Å². The third kappa shape index (κ3) is 5.35. The number of carbonyl (C=O) groups excluding carboxylic acids is 2. The zero-order chi connectivity index (χ0) is 17.5. The van der Waals surface area contributed by atoms with Gasteiger partial charge in [0.05, 0.1) is 6.61 Å². The van der Waals surface area contributed by atoms with Gasteiger partial charge in [-0.2, -0.15) is 0 Å². The lowest BCUT2D eigenvalue weighted by Crippen LogP contribution is -2.16. The van der Waals surface area contributed by atoms with E-state index < -0.39 is 5.97 Å². The second-order valence-corrected chi connectivity index (χ2v) is 6.46. The van der Waals surface area contributed by atoms with Crippen molar-refractivity contribution in [2.45, 2.75) is 6.92 Å². The number of benzene rings is 2. The van der Waals surface area contributed by atoms with Crippen molar-refractivity contribution in [3.8, 4) is 0 Å². The molecule has 4 nitrogen and oxygen atoms in total. The van der Waals surface area contributed by atoms with Crippen LogP contribution in [0.5, 0.6) is 0 Å². The minimum Gasteiger partial charge on any atom is -0.461 e. The summed E-state index contributed by atoms with van der Waals surface area (Å²) in [6.07, 6.45) is 1.24. The number of allylic oxidation sites excluding steroid dienone is 1. The highest BCUT2D eigenvalue weighted by Crippen LogP contribution is 2.16. The van der Waals surface area contributed by atoms with E-state index in [4.69, 9.17) is 16.3 Å². The van der Waals surface area contributed by atoms with Crippen molar-refractivity contribution >= 4 is 51.6 Å². The van der Waals surface area contributed by atoms with Crippen LogP contribution in [0.25, 0.3) is 0 Å². The van der Waals surface area contributed by atoms with Crippen molar-refractivity contribution in [2.24, 2.45) is 0 Å². The molecule has 0 heterocycles. The maximum atomic E-state index is 12.4.